The number of aryl methyl sites for hydroxylation is 6. The largest absolute Gasteiger partial charge is 0.488 e. The fraction of sp³-hybridized carbons (Fsp3) is 0.310. The van der Waals surface area contributed by atoms with Gasteiger partial charge in [-0.15, -0.1) is 22.7 Å². The number of hydrogen-bond acceptors (Lipinski definition) is 9. The topological polar surface area (TPSA) is 88.2 Å². The first-order valence-electron chi connectivity index (χ1n) is 17.8. The predicted molar refractivity (Wildman–Crippen MR) is 215 cm³/mol. The molecule has 262 valence electrons. The van der Waals surface area contributed by atoms with Gasteiger partial charge >= 0.3 is 0 Å². The minimum Gasteiger partial charge on any atom is -0.488 e. The highest BCUT2D eigenvalue weighted by Gasteiger charge is 2.29. The molecule has 8 nitrogen and oxygen atoms in total. The maximum atomic E-state index is 7.41. The van der Waals surface area contributed by atoms with Crippen LogP contribution in [0, 0.1) is 48.1 Å². The van der Waals surface area contributed by atoms with Crippen LogP contribution in [0.5, 0.6) is 5.75 Å². The molecule has 3 aliphatic rings. The fourth-order valence-electron chi connectivity index (χ4n) is 6.91. The zero-order chi connectivity index (χ0) is 36.1. The maximum Gasteiger partial charge on any atom is 0.211 e. The molecule has 0 spiro atoms. The smallest absolute Gasteiger partial charge is 0.211 e. The number of benzene rings is 2. The van der Waals surface area contributed by atoms with Gasteiger partial charge in [-0.25, -0.2) is 9.83 Å². The summed E-state index contributed by atoms with van der Waals surface area (Å²) in [6.45, 7) is 22.7. The van der Waals surface area contributed by atoms with Gasteiger partial charge in [0.15, 0.2) is 0 Å². The Labute approximate surface area is 312 Å². The Morgan fingerprint density at radius 2 is 1.17 bits per heavy atom. The van der Waals surface area contributed by atoms with Crippen LogP contribution in [0.3, 0.4) is 0 Å². The SMILES string of the molecule is Cc1ccc(CNC2=NCc3c2sc2nc(C)c(OC4CC4)c(C)c32)cc1.[C-]#[N+]c1c(C)nc2sc3c(c2c1C)CN=C3NCc1ccc(C)cc1. The van der Waals surface area contributed by atoms with Crippen LogP contribution in [0.25, 0.3) is 25.3 Å². The van der Waals surface area contributed by atoms with Gasteiger partial charge in [0.25, 0.3) is 0 Å². The van der Waals surface area contributed by atoms with Crippen LogP contribution >= 0.6 is 22.7 Å². The van der Waals surface area contributed by atoms with Gasteiger partial charge in [0.1, 0.15) is 27.1 Å². The first-order chi connectivity index (χ1) is 25.2. The molecule has 2 N–H and O–H groups in total. The van der Waals surface area contributed by atoms with Crippen LogP contribution in [0.1, 0.15) is 78.5 Å². The molecule has 52 heavy (non-hydrogen) atoms. The van der Waals surface area contributed by atoms with Gasteiger partial charge < -0.3 is 15.4 Å². The van der Waals surface area contributed by atoms with Crippen LogP contribution in [-0.2, 0) is 26.2 Å². The van der Waals surface area contributed by atoms with Gasteiger partial charge in [-0.3, -0.25) is 15.0 Å². The summed E-state index contributed by atoms with van der Waals surface area (Å²) in [6.07, 6.45) is 2.71. The molecule has 0 bridgehead atoms. The minimum absolute atomic E-state index is 0.385. The number of aromatic nitrogens is 2. The Morgan fingerprint density at radius 1 is 0.692 bits per heavy atom. The summed E-state index contributed by atoms with van der Waals surface area (Å²) in [4.78, 5) is 27.1. The third-order valence-electron chi connectivity index (χ3n) is 9.94. The lowest BCUT2D eigenvalue weighted by molar-refractivity contribution is 0.298. The Bertz CT molecular complexity index is 2460. The van der Waals surface area contributed by atoms with Crippen molar-refractivity contribution in [2.45, 2.75) is 86.7 Å². The van der Waals surface area contributed by atoms with Crippen molar-refractivity contribution in [3.8, 4) is 5.75 Å². The van der Waals surface area contributed by atoms with Crippen LogP contribution in [0.4, 0.5) is 5.69 Å². The predicted octanol–water partition coefficient (Wildman–Crippen LogP) is 9.64. The Morgan fingerprint density at radius 3 is 1.65 bits per heavy atom. The summed E-state index contributed by atoms with van der Waals surface area (Å²) in [7, 11) is 0. The van der Waals surface area contributed by atoms with Crippen LogP contribution < -0.4 is 15.4 Å². The van der Waals surface area contributed by atoms with Gasteiger partial charge in [-0.1, -0.05) is 59.7 Å². The summed E-state index contributed by atoms with van der Waals surface area (Å²) in [5.41, 5.74) is 12.3. The lowest BCUT2D eigenvalue weighted by Crippen LogP contribution is -2.21. The van der Waals surface area contributed by atoms with Crippen molar-refractivity contribution >= 4 is 60.5 Å². The molecule has 1 aliphatic carbocycles. The number of pyridine rings is 2. The third-order valence-corrected chi connectivity index (χ3v) is 12.2. The summed E-state index contributed by atoms with van der Waals surface area (Å²) in [5.74, 6) is 2.92. The molecule has 2 aromatic carbocycles. The number of thiophene rings is 2. The number of amidine groups is 2. The quantitative estimate of drug-likeness (QED) is 0.167. The second-order valence-electron chi connectivity index (χ2n) is 13.9. The molecular weight excluding hydrogens is 683 g/mol. The molecule has 0 unspecified atom stereocenters. The van der Waals surface area contributed by atoms with Gasteiger partial charge in [-0.2, -0.15) is 0 Å². The Kier molecular flexibility index (Phi) is 9.02. The van der Waals surface area contributed by atoms with Crippen molar-refractivity contribution in [2.24, 2.45) is 9.98 Å². The van der Waals surface area contributed by atoms with Gasteiger partial charge in [-0.05, 0) is 71.1 Å². The molecule has 1 saturated carbocycles. The lowest BCUT2D eigenvalue weighted by Gasteiger charge is -2.12. The van der Waals surface area contributed by atoms with E-state index in [2.05, 4.69) is 102 Å². The summed E-state index contributed by atoms with van der Waals surface area (Å²) >= 11 is 3.42. The van der Waals surface area contributed by atoms with Gasteiger partial charge in [0, 0.05) is 46.2 Å². The number of hydrogen-bond donors (Lipinski definition) is 2. The molecule has 0 radical (unpaired) electrons. The van der Waals surface area contributed by atoms with E-state index in [9.17, 15) is 0 Å². The van der Waals surface area contributed by atoms with E-state index in [0.29, 0.717) is 18.3 Å². The van der Waals surface area contributed by atoms with Crippen molar-refractivity contribution in [1.82, 2.24) is 20.6 Å². The van der Waals surface area contributed by atoms with Crippen LogP contribution in [0.2, 0.25) is 0 Å². The maximum absolute atomic E-state index is 7.41. The van der Waals surface area contributed by atoms with E-state index in [1.54, 1.807) is 22.7 Å². The molecule has 10 heteroatoms. The number of ether oxygens (including phenoxy) is 1. The first-order valence-corrected chi connectivity index (χ1v) is 19.4. The number of fused-ring (bicyclic) bond motifs is 6. The molecule has 0 atom stereocenters. The van der Waals surface area contributed by atoms with E-state index >= 15 is 0 Å². The van der Waals surface area contributed by atoms with E-state index in [1.165, 1.54) is 54.1 Å². The highest BCUT2D eigenvalue weighted by molar-refractivity contribution is 7.21. The Hall–Kier alpha value is -5.11. The van der Waals surface area contributed by atoms with Crippen molar-refractivity contribution < 1.29 is 4.74 Å². The first kappa shape index (κ1) is 34.0. The van der Waals surface area contributed by atoms with Crippen molar-refractivity contribution in [3.05, 3.63) is 126 Å². The second-order valence-corrected chi connectivity index (χ2v) is 15.9. The number of rotatable bonds is 6. The zero-order valence-corrected chi connectivity index (χ0v) is 32.0. The van der Waals surface area contributed by atoms with Crippen molar-refractivity contribution in [3.63, 3.8) is 0 Å². The number of nitrogens with one attached hydrogen (secondary N) is 2. The van der Waals surface area contributed by atoms with E-state index in [1.807, 2.05) is 13.8 Å². The molecule has 2 aliphatic heterocycles. The van der Waals surface area contributed by atoms with E-state index in [-0.39, 0.29) is 0 Å². The summed E-state index contributed by atoms with van der Waals surface area (Å²) in [6, 6.07) is 17.2. The summed E-state index contributed by atoms with van der Waals surface area (Å²) < 4.78 is 6.16. The Balaban J connectivity index is 0.000000149. The average molecular weight is 724 g/mol. The monoisotopic (exact) mass is 723 g/mol. The average Bonchev–Trinajstić information content (AvgIpc) is 3.38. The number of aliphatic imine (C=N–C) groups is 2. The molecule has 6 aromatic rings. The highest BCUT2D eigenvalue weighted by Crippen LogP contribution is 2.42. The van der Waals surface area contributed by atoms with E-state index in [0.717, 1.165) is 81.9 Å². The van der Waals surface area contributed by atoms with Crippen LogP contribution in [0.15, 0.2) is 58.5 Å². The molecule has 9 rings (SSSR count). The van der Waals surface area contributed by atoms with Gasteiger partial charge in [0.2, 0.25) is 5.69 Å². The fourth-order valence-corrected chi connectivity index (χ4v) is 9.46. The van der Waals surface area contributed by atoms with Crippen molar-refractivity contribution in [1.29, 1.82) is 0 Å². The summed E-state index contributed by atoms with van der Waals surface area (Å²) in [5, 5.41) is 9.36. The molecular formula is C42H41N7OS2. The molecule has 4 aromatic heterocycles. The second kappa shape index (κ2) is 13.8. The van der Waals surface area contributed by atoms with Crippen LogP contribution in [-0.4, -0.2) is 27.7 Å². The van der Waals surface area contributed by atoms with E-state index in [4.69, 9.17) is 21.3 Å². The minimum atomic E-state index is 0.385. The van der Waals surface area contributed by atoms with E-state index < -0.39 is 0 Å². The molecule has 0 amide bonds. The molecule has 6 heterocycles. The molecule has 0 saturated heterocycles. The third kappa shape index (κ3) is 6.44. The lowest BCUT2D eigenvalue weighted by atomic mass is 10.1. The molecule has 1 fully saturated rings. The van der Waals surface area contributed by atoms with Crippen molar-refractivity contribution in [2.75, 3.05) is 0 Å². The zero-order valence-electron chi connectivity index (χ0n) is 30.4. The van der Waals surface area contributed by atoms with Gasteiger partial charge in [0.05, 0.1) is 41.2 Å². The number of nitrogens with zero attached hydrogens (tertiary/aromatic N) is 5. The standard InChI is InChI=1S/C22H23N3OS.C20H18N4S/c1-12-4-6-15(7-5-12)10-23-21-20-17(11-24-21)18-13(2)19(26-16-8-9-16)14(3)25-22(18)27-20;1-11-5-7-14(8-6-11)9-22-19-18-15(10-23-19)16-12(2)17(21-4)13(3)24-20(16)25-18/h4-7,16H,8-11H2,1-3H3,(H,23,24);5-8H,9-10H2,1-3H3,(H,22,23). The highest BCUT2D eigenvalue weighted by atomic mass is 32.1. The normalized spacial score (nSPS) is 14.3.